The second-order valence-corrected chi connectivity index (χ2v) is 14.0. The Kier molecular flexibility index (Phi) is 16.0. The van der Waals surface area contributed by atoms with Crippen molar-refractivity contribution in [2.24, 2.45) is 0 Å². The minimum absolute atomic E-state index is 0.0903. The lowest BCUT2D eigenvalue weighted by atomic mass is 10.1. The highest BCUT2D eigenvalue weighted by molar-refractivity contribution is 8.15. The van der Waals surface area contributed by atoms with Gasteiger partial charge in [-0.15, -0.1) is 0 Å². The van der Waals surface area contributed by atoms with E-state index < -0.39 is 6.10 Å². The quantitative estimate of drug-likeness (QED) is 0.0962. The molecule has 1 saturated heterocycles. The maximum absolute atomic E-state index is 12.1. The van der Waals surface area contributed by atoms with Crippen LogP contribution >= 0.6 is 23.5 Å². The number of aliphatic hydroxyl groups excluding tert-OH is 1. The van der Waals surface area contributed by atoms with Crippen LogP contribution in [0.4, 0.5) is 4.79 Å². The zero-order valence-electron chi connectivity index (χ0n) is 29.7. The topological polar surface area (TPSA) is 174 Å². The predicted octanol–water partition coefficient (Wildman–Crippen LogP) is 5.10. The first-order valence-electron chi connectivity index (χ1n) is 16.9. The monoisotopic (exact) mass is 758 g/mol. The number of aromatic nitrogens is 2. The number of aliphatic hydroxyl groups is 1. The van der Waals surface area contributed by atoms with E-state index in [2.05, 4.69) is 27.5 Å². The Labute approximate surface area is 316 Å². The number of pyridine rings is 2. The summed E-state index contributed by atoms with van der Waals surface area (Å²) < 4.78 is 11.1. The van der Waals surface area contributed by atoms with Crippen LogP contribution in [-0.4, -0.2) is 74.3 Å². The van der Waals surface area contributed by atoms with E-state index in [0.717, 1.165) is 46.9 Å². The number of amides is 4. The van der Waals surface area contributed by atoms with Crippen LogP contribution in [-0.2, 0) is 40.1 Å². The standard InChI is InChI=1S/C20H22N2O4S.C19H20N2O4S/c1-3-14-6-9-17(21-11-14)18(24)12-26-16-7-4-15(5-8-16)10-19(27-2)20(25)22-13-23;1-2-12-5-8-15(20-10-12)16(22)11-25-14-6-3-13(4-7-14)9-17-18(23)21-19(24)26-17/h4-9,11,13,19H,3,10,12H2,1-2H3,(H,22,23,25);3-8,10,16-17,22H,2,9,11H2,1H3,(H,21,23,24). The van der Waals surface area contributed by atoms with Gasteiger partial charge in [0.2, 0.25) is 24.0 Å². The summed E-state index contributed by atoms with van der Waals surface area (Å²) in [5.41, 5.74) is 5.03. The van der Waals surface area contributed by atoms with Crippen molar-refractivity contribution in [3.63, 3.8) is 0 Å². The third kappa shape index (κ3) is 12.8. The van der Waals surface area contributed by atoms with Gasteiger partial charge in [0.25, 0.3) is 5.24 Å². The van der Waals surface area contributed by atoms with Gasteiger partial charge in [-0.25, -0.2) is 0 Å². The number of hydrogen-bond donors (Lipinski definition) is 3. The number of thioether (sulfide) groups is 2. The number of rotatable bonds is 17. The Morgan fingerprint density at radius 2 is 1.49 bits per heavy atom. The molecule has 4 aromatic rings. The lowest BCUT2D eigenvalue weighted by molar-refractivity contribution is -0.125. The summed E-state index contributed by atoms with van der Waals surface area (Å²) in [6, 6.07) is 21.8. The molecular formula is C39H42N4O8S2. The summed E-state index contributed by atoms with van der Waals surface area (Å²) in [6.45, 7) is 4.09. The second-order valence-electron chi connectivity index (χ2n) is 11.8. The lowest BCUT2D eigenvalue weighted by Gasteiger charge is -2.13. The molecule has 3 N–H and O–H groups in total. The SMILES string of the molecule is CCc1ccc(C(=O)COc2ccc(CC(SC)C(=O)NC=O)cc2)nc1.CCc1ccc(C(O)COc2ccc(CC3SC(=O)NC3=O)cc2)nc1. The summed E-state index contributed by atoms with van der Waals surface area (Å²) in [6.07, 6.45) is 7.63. The van der Waals surface area contributed by atoms with Gasteiger partial charge in [-0.1, -0.05) is 62.0 Å². The minimum Gasteiger partial charge on any atom is -0.490 e. The number of nitrogens with one attached hydrogen (secondary N) is 2. The zero-order chi connectivity index (χ0) is 38.2. The van der Waals surface area contributed by atoms with Crippen molar-refractivity contribution in [2.45, 2.75) is 56.1 Å². The number of benzene rings is 2. The minimum atomic E-state index is -0.801. The Morgan fingerprint density at radius 1 is 0.887 bits per heavy atom. The smallest absolute Gasteiger partial charge is 0.286 e. The highest BCUT2D eigenvalue weighted by Gasteiger charge is 2.31. The predicted molar refractivity (Wildman–Crippen MR) is 204 cm³/mol. The molecule has 3 atom stereocenters. The van der Waals surface area contributed by atoms with Gasteiger partial charge in [0.1, 0.15) is 29.9 Å². The summed E-state index contributed by atoms with van der Waals surface area (Å²) in [4.78, 5) is 65.5. The molecule has 4 amide bonds. The highest BCUT2D eigenvalue weighted by Crippen LogP contribution is 2.24. The van der Waals surface area contributed by atoms with Crippen molar-refractivity contribution in [3.8, 4) is 11.5 Å². The van der Waals surface area contributed by atoms with Crippen molar-refractivity contribution < 1.29 is 38.6 Å². The third-order valence-corrected chi connectivity index (χ3v) is 10.1. The molecule has 12 nitrogen and oxygen atoms in total. The number of Topliss-reactive ketones (excluding diaryl/α,β-unsaturated/α-hetero) is 1. The van der Waals surface area contributed by atoms with Crippen molar-refractivity contribution in [2.75, 3.05) is 19.5 Å². The molecule has 53 heavy (non-hydrogen) atoms. The van der Waals surface area contributed by atoms with E-state index in [0.29, 0.717) is 42.1 Å². The summed E-state index contributed by atoms with van der Waals surface area (Å²) in [7, 11) is 0. The number of aryl methyl sites for hydroxylation is 2. The Morgan fingerprint density at radius 3 is 2.02 bits per heavy atom. The molecule has 1 aliphatic rings. The molecule has 0 aliphatic carbocycles. The maximum Gasteiger partial charge on any atom is 0.286 e. The summed E-state index contributed by atoms with van der Waals surface area (Å²) >= 11 is 2.39. The van der Waals surface area contributed by atoms with E-state index in [1.165, 1.54) is 11.8 Å². The first kappa shape index (κ1) is 40.7. The first-order chi connectivity index (χ1) is 25.6. The van der Waals surface area contributed by atoms with Crippen LogP contribution in [0.1, 0.15) is 58.4 Å². The number of hydrogen-bond acceptors (Lipinski definition) is 12. The lowest BCUT2D eigenvalue weighted by Crippen LogP contribution is -2.32. The third-order valence-electron chi connectivity index (χ3n) is 8.13. The first-order valence-corrected chi connectivity index (χ1v) is 19.1. The molecule has 0 saturated carbocycles. The highest BCUT2D eigenvalue weighted by atomic mass is 32.2. The summed E-state index contributed by atoms with van der Waals surface area (Å²) in [5, 5.41) is 13.6. The average molecular weight is 759 g/mol. The number of carbonyl (C=O) groups excluding carboxylic acids is 5. The number of ketones is 1. The number of imide groups is 2. The Bertz CT molecular complexity index is 1820. The molecule has 1 aliphatic heterocycles. The van der Waals surface area contributed by atoms with Crippen molar-refractivity contribution >= 4 is 52.8 Å². The van der Waals surface area contributed by atoms with Crippen LogP contribution in [0, 0.1) is 0 Å². The molecule has 0 radical (unpaired) electrons. The summed E-state index contributed by atoms with van der Waals surface area (Å²) in [5.74, 6) is 0.442. The van der Waals surface area contributed by atoms with E-state index >= 15 is 0 Å². The van der Waals surface area contributed by atoms with E-state index in [1.54, 1.807) is 42.7 Å². The number of carbonyl (C=O) groups is 5. The molecule has 14 heteroatoms. The molecule has 278 valence electrons. The zero-order valence-corrected chi connectivity index (χ0v) is 31.3. The Hall–Kier alpha value is -5.05. The molecule has 2 aromatic carbocycles. The molecular weight excluding hydrogens is 717 g/mol. The fraction of sp³-hybridized carbons (Fsp3) is 0.308. The largest absolute Gasteiger partial charge is 0.490 e. The van der Waals surface area contributed by atoms with E-state index in [9.17, 15) is 29.1 Å². The van der Waals surface area contributed by atoms with Crippen molar-refractivity contribution in [3.05, 3.63) is 119 Å². The molecule has 3 heterocycles. The van der Waals surface area contributed by atoms with E-state index in [4.69, 9.17) is 9.47 Å². The van der Waals surface area contributed by atoms with E-state index in [-0.39, 0.29) is 46.6 Å². The molecule has 2 aromatic heterocycles. The maximum atomic E-state index is 12.1. The number of ether oxygens (including phenoxy) is 2. The van der Waals surface area contributed by atoms with Crippen LogP contribution < -0.4 is 20.1 Å². The van der Waals surface area contributed by atoms with Gasteiger partial charge in [-0.05, 0) is 90.6 Å². The van der Waals surface area contributed by atoms with E-state index in [1.807, 2.05) is 55.6 Å². The van der Waals surface area contributed by atoms with Gasteiger partial charge in [0.15, 0.2) is 6.61 Å². The van der Waals surface area contributed by atoms with Crippen LogP contribution in [0.5, 0.6) is 11.5 Å². The van der Waals surface area contributed by atoms with Crippen molar-refractivity contribution in [1.29, 1.82) is 0 Å². The fourth-order valence-corrected chi connectivity index (χ4v) is 6.46. The van der Waals surface area contributed by atoms with Crippen LogP contribution in [0.15, 0.2) is 85.2 Å². The van der Waals surface area contributed by atoms with Crippen LogP contribution in [0.3, 0.4) is 0 Å². The number of nitrogens with zero attached hydrogens (tertiary/aromatic N) is 2. The van der Waals surface area contributed by atoms with Gasteiger partial charge in [-0.3, -0.25) is 44.6 Å². The molecule has 5 rings (SSSR count). The van der Waals surface area contributed by atoms with Gasteiger partial charge in [0, 0.05) is 12.4 Å². The average Bonchev–Trinajstić information content (AvgIpc) is 3.51. The van der Waals surface area contributed by atoms with Gasteiger partial charge < -0.3 is 14.6 Å². The molecule has 1 fully saturated rings. The second kappa shape index (κ2) is 20.9. The van der Waals surface area contributed by atoms with Gasteiger partial charge in [-0.2, -0.15) is 11.8 Å². The Balaban J connectivity index is 0.000000237. The van der Waals surface area contributed by atoms with Crippen molar-refractivity contribution in [1.82, 2.24) is 20.6 Å². The normalized spacial score (nSPS) is 14.6. The molecule has 0 spiro atoms. The molecule has 0 bridgehead atoms. The van der Waals surface area contributed by atoms with Gasteiger partial charge in [0.05, 0.1) is 16.2 Å². The fourth-order valence-electron chi connectivity index (χ4n) is 4.96. The van der Waals surface area contributed by atoms with Crippen LogP contribution in [0.2, 0.25) is 0 Å². The molecule has 3 unspecified atom stereocenters. The van der Waals surface area contributed by atoms with Gasteiger partial charge >= 0.3 is 0 Å². The van der Waals surface area contributed by atoms with Crippen LogP contribution in [0.25, 0.3) is 0 Å².